The van der Waals surface area contributed by atoms with E-state index in [2.05, 4.69) is 105 Å². The van der Waals surface area contributed by atoms with Crippen molar-refractivity contribution in [2.45, 2.75) is 0 Å². The Hall–Kier alpha value is -9.60. The summed E-state index contributed by atoms with van der Waals surface area (Å²) < 4.78 is 1.27. The highest BCUT2D eigenvalue weighted by Crippen LogP contribution is 2.53. The van der Waals surface area contributed by atoms with Gasteiger partial charge in [-0.05, 0) is 126 Å². The predicted molar refractivity (Wildman–Crippen MR) is 331 cm³/mol. The molecule has 0 saturated carbocycles. The highest BCUT2D eigenvalue weighted by molar-refractivity contribution is 9.11. The van der Waals surface area contributed by atoms with Crippen LogP contribution >= 0.6 is 31.9 Å². The third kappa shape index (κ3) is 7.15. The largest absolute Gasteiger partial charge is 0.268 e. The van der Waals surface area contributed by atoms with Gasteiger partial charge in [0, 0.05) is 52.4 Å². The summed E-state index contributed by atoms with van der Waals surface area (Å²) in [5, 5.41) is 5.62. The van der Waals surface area contributed by atoms with Crippen molar-refractivity contribution in [3.05, 3.63) is 274 Å². The van der Waals surface area contributed by atoms with Crippen LogP contribution in [0.25, 0.3) is 110 Å². The highest BCUT2D eigenvalue weighted by atomic mass is 79.9. The zero-order chi connectivity index (χ0) is 53.9. The number of fused-ring (bicyclic) bond motifs is 2. The molecule has 2 heterocycles. The summed E-state index contributed by atoms with van der Waals surface area (Å²) in [4.78, 5) is 64.5. The number of amides is 4. The molecule has 0 saturated heterocycles. The number of benzene rings is 13. The Labute approximate surface area is 476 Å². The van der Waals surface area contributed by atoms with Crippen LogP contribution in [0.2, 0.25) is 0 Å². The summed E-state index contributed by atoms with van der Waals surface area (Å²) >= 11 is 7.91. The molecule has 0 aliphatic carbocycles. The first kappa shape index (κ1) is 47.6. The van der Waals surface area contributed by atoms with Gasteiger partial charge in [0.15, 0.2) is 0 Å². The monoisotopic (exact) mass is 1150 g/mol. The van der Waals surface area contributed by atoms with Crippen molar-refractivity contribution in [3.63, 3.8) is 0 Å². The molecular formula is C72H40Br2N2O4. The normalized spacial score (nSPS) is 13.2. The van der Waals surface area contributed by atoms with Crippen molar-refractivity contribution in [2.24, 2.45) is 0 Å². The van der Waals surface area contributed by atoms with Crippen molar-refractivity contribution >= 4 is 110 Å². The van der Waals surface area contributed by atoms with Crippen molar-refractivity contribution in [3.8, 4) is 66.8 Å². The molecule has 0 spiro atoms. The van der Waals surface area contributed by atoms with Gasteiger partial charge in [-0.2, -0.15) is 0 Å². The smallest absolute Gasteiger partial charge is 0.266 e. The fraction of sp³-hybridized carbons (Fsp3) is 0. The summed E-state index contributed by atoms with van der Waals surface area (Å²) in [5.41, 5.74) is 13.7. The molecule has 2 aliphatic rings. The zero-order valence-electron chi connectivity index (χ0n) is 42.4. The van der Waals surface area contributed by atoms with Crippen molar-refractivity contribution < 1.29 is 19.2 Å². The first-order valence-electron chi connectivity index (χ1n) is 26.3. The van der Waals surface area contributed by atoms with E-state index >= 15 is 19.2 Å². The number of hydrogen-bond donors (Lipinski definition) is 0. The van der Waals surface area contributed by atoms with Crippen molar-refractivity contribution in [1.82, 2.24) is 0 Å². The number of carbonyl (C=O) groups excluding carboxylic acids is 4. The molecule has 8 heteroatoms. The number of carbonyl (C=O) groups is 4. The maximum absolute atomic E-state index is 15.5. The van der Waals surface area contributed by atoms with Gasteiger partial charge in [0.1, 0.15) is 0 Å². The van der Waals surface area contributed by atoms with Crippen LogP contribution in [0.5, 0.6) is 0 Å². The van der Waals surface area contributed by atoms with E-state index < -0.39 is 23.6 Å². The molecule has 0 atom stereocenters. The van der Waals surface area contributed by atoms with E-state index in [4.69, 9.17) is 0 Å². The summed E-state index contributed by atoms with van der Waals surface area (Å²) in [6, 6.07) is 79.7. The minimum atomic E-state index is -0.452. The quantitative estimate of drug-likeness (QED) is 0.0863. The Balaban J connectivity index is 0.908. The standard InChI is InChI=1S/C72H40Br2N2O4/c73-59-39-57-63-51(69(77)75(71(57)79)47-35-53(41-19-7-1-8-20-41)61(45-27-15-5-16-28-45)54(36-47)42-21-9-2-10-22-42)33-31-49-66-60(74)40-58-64-52(34-32-50(68(64)66)65(59)67(49)63)70(78)76(72(58)80)48-37-55(43-23-11-3-12-24-43)62(46-29-17-6-18-30-46)56(38-48)44-25-13-4-14-26-44/h1-40H. The molecule has 0 fully saturated rings. The fourth-order valence-electron chi connectivity index (χ4n) is 12.6. The Morgan fingerprint density at radius 3 is 0.787 bits per heavy atom. The molecule has 13 aromatic rings. The molecular weight excluding hydrogens is 1120 g/mol. The van der Waals surface area contributed by atoms with Crippen LogP contribution in [-0.2, 0) is 0 Å². The third-order valence-electron chi connectivity index (χ3n) is 16.0. The molecule has 13 aromatic carbocycles. The van der Waals surface area contributed by atoms with E-state index in [1.807, 2.05) is 170 Å². The van der Waals surface area contributed by atoms with Crippen LogP contribution in [0, 0.1) is 0 Å². The van der Waals surface area contributed by atoms with E-state index in [1.54, 1.807) is 0 Å². The van der Waals surface area contributed by atoms with E-state index in [-0.39, 0.29) is 0 Å². The first-order chi connectivity index (χ1) is 39.2. The van der Waals surface area contributed by atoms with E-state index in [0.717, 1.165) is 99.1 Å². The van der Waals surface area contributed by atoms with Crippen LogP contribution < -0.4 is 9.80 Å². The van der Waals surface area contributed by atoms with Crippen LogP contribution in [-0.4, -0.2) is 23.6 Å². The summed E-state index contributed by atoms with van der Waals surface area (Å²) in [7, 11) is 0. The predicted octanol–water partition coefficient (Wildman–Crippen LogP) is 18.9. The molecule has 0 radical (unpaired) electrons. The molecule has 80 heavy (non-hydrogen) atoms. The summed E-state index contributed by atoms with van der Waals surface area (Å²) in [5.74, 6) is -1.79. The topological polar surface area (TPSA) is 74.8 Å². The van der Waals surface area contributed by atoms with Gasteiger partial charge in [0.05, 0.1) is 22.5 Å². The average molecular weight is 1160 g/mol. The molecule has 376 valence electrons. The number of hydrogen-bond acceptors (Lipinski definition) is 4. The third-order valence-corrected chi connectivity index (χ3v) is 17.2. The minimum Gasteiger partial charge on any atom is -0.268 e. The number of rotatable bonds is 8. The minimum absolute atomic E-state index is 0.371. The van der Waals surface area contributed by atoms with Gasteiger partial charge in [-0.3, -0.25) is 19.2 Å². The number of nitrogens with zero attached hydrogens (tertiary/aromatic N) is 2. The molecule has 4 amide bonds. The van der Waals surface area contributed by atoms with Crippen LogP contribution in [0.15, 0.2) is 252 Å². The maximum Gasteiger partial charge on any atom is 0.266 e. The summed E-state index contributed by atoms with van der Waals surface area (Å²) in [6.07, 6.45) is 0. The molecule has 15 rings (SSSR count). The Bertz CT molecular complexity index is 4360. The van der Waals surface area contributed by atoms with Gasteiger partial charge in [-0.25, -0.2) is 9.80 Å². The second kappa shape index (κ2) is 18.5. The van der Waals surface area contributed by atoms with Gasteiger partial charge in [0.2, 0.25) is 0 Å². The van der Waals surface area contributed by atoms with E-state index in [0.29, 0.717) is 53.3 Å². The highest BCUT2D eigenvalue weighted by Gasteiger charge is 2.40. The Kier molecular flexibility index (Phi) is 11.0. The summed E-state index contributed by atoms with van der Waals surface area (Å²) in [6.45, 7) is 0. The van der Waals surface area contributed by atoms with Gasteiger partial charge in [0.25, 0.3) is 23.6 Å². The lowest BCUT2D eigenvalue weighted by Crippen LogP contribution is -2.40. The lowest BCUT2D eigenvalue weighted by atomic mass is 9.81. The molecule has 0 unspecified atom stereocenters. The van der Waals surface area contributed by atoms with Gasteiger partial charge in [-0.15, -0.1) is 0 Å². The average Bonchev–Trinajstić information content (AvgIpc) is 3.49. The lowest BCUT2D eigenvalue weighted by Gasteiger charge is -2.32. The fourth-order valence-corrected chi connectivity index (χ4v) is 13.8. The van der Waals surface area contributed by atoms with Crippen LogP contribution in [0.1, 0.15) is 41.4 Å². The van der Waals surface area contributed by atoms with Gasteiger partial charge in [-0.1, -0.05) is 226 Å². The zero-order valence-corrected chi connectivity index (χ0v) is 45.5. The SMILES string of the molecule is O=C1c2ccc3c4c(Br)cc5c6c(ccc(c7c(Br)cc(c2c37)C(=O)N1c1cc(-c2ccccc2)c(-c2ccccc2)c(-c2ccccc2)c1)c64)C(=O)N(c1cc(-c2ccccc2)c(-c2ccccc2)c(-c2ccccc2)c1)C5=O. The number of anilines is 2. The molecule has 6 nitrogen and oxygen atoms in total. The second-order valence-electron chi connectivity index (χ2n) is 20.3. The maximum atomic E-state index is 15.5. The second-order valence-corrected chi connectivity index (χ2v) is 22.0. The Morgan fingerprint density at radius 2 is 0.500 bits per heavy atom. The number of halogens is 2. The molecule has 0 bridgehead atoms. The van der Waals surface area contributed by atoms with Gasteiger partial charge < -0.3 is 0 Å². The molecule has 0 aromatic heterocycles. The number of imide groups is 2. The van der Waals surface area contributed by atoms with Gasteiger partial charge >= 0.3 is 0 Å². The van der Waals surface area contributed by atoms with Crippen LogP contribution in [0.3, 0.4) is 0 Å². The Morgan fingerprint density at radius 1 is 0.237 bits per heavy atom. The van der Waals surface area contributed by atoms with Crippen molar-refractivity contribution in [2.75, 3.05) is 9.80 Å². The first-order valence-corrected chi connectivity index (χ1v) is 27.9. The van der Waals surface area contributed by atoms with Crippen LogP contribution in [0.4, 0.5) is 11.4 Å². The van der Waals surface area contributed by atoms with E-state index in [1.165, 1.54) is 9.80 Å². The molecule has 0 N–H and O–H groups in total. The van der Waals surface area contributed by atoms with E-state index in [9.17, 15) is 0 Å². The van der Waals surface area contributed by atoms with Crippen molar-refractivity contribution in [1.29, 1.82) is 0 Å². The lowest BCUT2D eigenvalue weighted by molar-refractivity contribution is 0.0877. The molecule has 2 aliphatic heterocycles.